The minimum atomic E-state index is -0.0341. The lowest BCUT2D eigenvalue weighted by Gasteiger charge is -2.21. The van der Waals surface area contributed by atoms with Crippen molar-refractivity contribution in [1.82, 2.24) is 5.32 Å². The number of anilines is 1. The van der Waals surface area contributed by atoms with Gasteiger partial charge >= 0.3 is 0 Å². The van der Waals surface area contributed by atoms with E-state index in [0.717, 1.165) is 17.0 Å². The van der Waals surface area contributed by atoms with E-state index in [-0.39, 0.29) is 11.4 Å². The molecule has 1 aromatic rings. The summed E-state index contributed by atoms with van der Waals surface area (Å²) in [6.07, 6.45) is 4.64. The highest BCUT2D eigenvalue weighted by Gasteiger charge is 2.17. The third-order valence-electron chi connectivity index (χ3n) is 2.71. The zero-order valence-electron chi connectivity index (χ0n) is 11.7. The molecule has 3 nitrogen and oxygen atoms in total. The van der Waals surface area contributed by atoms with Gasteiger partial charge in [-0.1, -0.05) is 24.3 Å². The predicted octanol–water partition coefficient (Wildman–Crippen LogP) is 3.23. The van der Waals surface area contributed by atoms with Crippen LogP contribution in [-0.4, -0.2) is 11.4 Å². The summed E-state index contributed by atoms with van der Waals surface area (Å²) < 4.78 is 0. The molecule has 0 heterocycles. The van der Waals surface area contributed by atoms with Gasteiger partial charge in [-0.2, -0.15) is 0 Å². The van der Waals surface area contributed by atoms with Crippen molar-refractivity contribution in [3.8, 4) is 0 Å². The van der Waals surface area contributed by atoms with Gasteiger partial charge in [-0.3, -0.25) is 4.79 Å². The Kier molecular flexibility index (Phi) is 3.74. The topological polar surface area (TPSA) is 41.1 Å². The van der Waals surface area contributed by atoms with Crippen molar-refractivity contribution in [3.05, 3.63) is 53.8 Å². The molecule has 0 atom stereocenters. The first-order chi connectivity index (χ1) is 8.94. The second kappa shape index (κ2) is 5.31. The van der Waals surface area contributed by atoms with Gasteiger partial charge in [0.25, 0.3) is 5.91 Å². The maximum atomic E-state index is 12.1. The van der Waals surface area contributed by atoms with Gasteiger partial charge in [0.05, 0.1) is 0 Å². The molecule has 0 unspecified atom stereocenters. The molecule has 1 aromatic carbocycles. The average Bonchev–Trinajstić information content (AvgIpc) is 2.76. The number of carbonyl (C=O) groups is 1. The van der Waals surface area contributed by atoms with Gasteiger partial charge in [0.1, 0.15) is 0 Å². The Balaban J connectivity index is 1.97. The minimum absolute atomic E-state index is 0.00763. The van der Waals surface area contributed by atoms with Gasteiger partial charge in [-0.25, -0.2) is 0 Å². The highest BCUT2D eigenvalue weighted by atomic mass is 16.1. The lowest BCUT2D eigenvalue weighted by molar-refractivity contribution is -0.112. The number of allylic oxidation sites excluding steroid dienone is 2. The number of rotatable bonds is 3. The summed E-state index contributed by atoms with van der Waals surface area (Å²) in [4.78, 5) is 12.1. The maximum Gasteiger partial charge on any atom is 0.251 e. The molecular formula is C16H20N2O. The third-order valence-corrected chi connectivity index (χ3v) is 2.71. The quantitative estimate of drug-likeness (QED) is 0.871. The van der Waals surface area contributed by atoms with Gasteiger partial charge in [0.2, 0.25) is 0 Å². The predicted molar refractivity (Wildman–Crippen MR) is 78.7 cm³/mol. The zero-order valence-corrected chi connectivity index (χ0v) is 11.7. The van der Waals surface area contributed by atoms with Crippen molar-refractivity contribution < 1.29 is 4.79 Å². The number of hydrogen-bond acceptors (Lipinski definition) is 2. The summed E-state index contributed by atoms with van der Waals surface area (Å²) >= 11 is 0. The Morgan fingerprint density at radius 2 is 1.84 bits per heavy atom. The number of carbonyl (C=O) groups excluding carboxylic acids is 1. The van der Waals surface area contributed by atoms with Crippen LogP contribution in [0, 0.1) is 0 Å². The fourth-order valence-corrected chi connectivity index (χ4v) is 1.94. The van der Waals surface area contributed by atoms with Crippen LogP contribution in [0.25, 0.3) is 0 Å². The van der Waals surface area contributed by atoms with Crippen LogP contribution in [0.1, 0.15) is 27.2 Å². The van der Waals surface area contributed by atoms with Crippen LogP contribution in [0.5, 0.6) is 0 Å². The van der Waals surface area contributed by atoms with Crippen molar-refractivity contribution in [2.75, 3.05) is 5.32 Å². The maximum absolute atomic E-state index is 12.1. The van der Waals surface area contributed by atoms with Gasteiger partial charge in [-0.15, -0.1) is 0 Å². The van der Waals surface area contributed by atoms with Crippen LogP contribution in [-0.2, 0) is 4.79 Å². The molecule has 3 heteroatoms. The van der Waals surface area contributed by atoms with Crippen molar-refractivity contribution in [2.24, 2.45) is 0 Å². The molecule has 0 spiro atoms. The van der Waals surface area contributed by atoms with Crippen LogP contribution in [0.2, 0.25) is 0 Å². The molecule has 0 saturated carbocycles. The van der Waals surface area contributed by atoms with E-state index in [1.807, 2.05) is 42.5 Å². The molecule has 0 saturated heterocycles. The molecule has 2 rings (SSSR count). The van der Waals surface area contributed by atoms with Crippen LogP contribution in [0.3, 0.4) is 0 Å². The Morgan fingerprint density at radius 1 is 1.16 bits per heavy atom. The first-order valence-electron chi connectivity index (χ1n) is 6.49. The normalized spacial score (nSPS) is 14.7. The van der Waals surface area contributed by atoms with Crippen LogP contribution >= 0.6 is 0 Å². The summed E-state index contributed by atoms with van der Waals surface area (Å²) in [5.41, 5.74) is 2.64. The molecular weight excluding hydrogens is 236 g/mol. The van der Waals surface area contributed by atoms with Crippen molar-refractivity contribution in [2.45, 2.75) is 32.7 Å². The van der Waals surface area contributed by atoms with E-state index in [2.05, 4.69) is 31.4 Å². The molecule has 1 aliphatic rings. The van der Waals surface area contributed by atoms with E-state index in [1.54, 1.807) is 0 Å². The second-order valence-electron chi connectivity index (χ2n) is 5.73. The highest BCUT2D eigenvalue weighted by molar-refractivity contribution is 6.04. The number of benzene rings is 1. The minimum Gasteiger partial charge on any atom is -0.381 e. The van der Waals surface area contributed by atoms with Crippen LogP contribution in [0.4, 0.5) is 5.69 Å². The third kappa shape index (κ3) is 3.98. The van der Waals surface area contributed by atoms with Crippen molar-refractivity contribution >= 4 is 11.6 Å². The summed E-state index contributed by atoms with van der Waals surface area (Å²) in [7, 11) is 0. The number of nitrogens with one attached hydrogen (secondary N) is 2. The lowest BCUT2D eigenvalue weighted by Crippen LogP contribution is -2.34. The van der Waals surface area contributed by atoms with E-state index < -0.39 is 0 Å². The summed E-state index contributed by atoms with van der Waals surface area (Å²) in [5.74, 6) is -0.0341. The van der Waals surface area contributed by atoms with Gasteiger partial charge in [0, 0.05) is 22.5 Å². The largest absolute Gasteiger partial charge is 0.381 e. The van der Waals surface area contributed by atoms with E-state index in [1.165, 1.54) is 0 Å². The second-order valence-corrected chi connectivity index (χ2v) is 5.73. The average molecular weight is 256 g/mol. The number of hydrogen-bond donors (Lipinski definition) is 2. The Labute approximate surface area is 114 Å². The van der Waals surface area contributed by atoms with Crippen molar-refractivity contribution in [1.29, 1.82) is 0 Å². The molecule has 0 radical (unpaired) electrons. The fraction of sp³-hybridized carbons (Fsp3) is 0.312. The van der Waals surface area contributed by atoms with E-state index >= 15 is 0 Å². The number of amides is 1. The van der Waals surface area contributed by atoms with E-state index in [0.29, 0.717) is 6.42 Å². The first kappa shape index (κ1) is 13.4. The van der Waals surface area contributed by atoms with Crippen LogP contribution < -0.4 is 10.6 Å². The standard InChI is InChI=1S/C16H20N2O/c1-16(2,3)18-14-10-9-12(11-14)15(19)17-13-7-5-4-6-8-13/h4-8,10-11,18H,9H2,1-3H3,(H,17,19). The highest BCUT2D eigenvalue weighted by Crippen LogP contribution is 2.19. The van der Waals surface area contributed by atoms with Crippen LogP contribution in [0.15, 0.2) is 53.8 Å². The molecule has 0 bridgehead atoms. The number of para-hydroxylation sites is 1. The summed E-state index contributed by atoms with van der Waals surface area (Å²) in [5, 5.41) is 6.27. The molecule has 100 valence electrons. The molecule has 19 heavy (non-hydrogen) atoms. The monoisotopic (exact) mass is 256 g/mol. The molecule has 2 N–H and O–H groups in total. The Hall–Kier alpha value is -2.03. The first-order valence-corrected chi connectivity index (χ1v) is 6.49. The summed E-state index contributed by atoms with van der Waals surface area (Å²) in [6, 6.07) is 9.51. The molecule has 0 aliphatic heterocycles. The molecule has 1 amide bonds. The fourth-order valence-electron chi connectivity index (χ4n) is 1.94. The SMILES string of the molecule is CC(C)(C)NC1=CCC(C(=O)Nc2ccccc2)=C1. The smallest absolute Gasteiger partial charge is 0.251 e. The zero-order chi connectivity index (χ0) is 13.9. The van der Waals surface area contributed by atoms with E-state index in [9.17, 15) is 4.79 Å². The molecule has 0 fully saturated rings. The van der Waals surface area contributed by atoms with Gasteiger partial charge in [0.15, 0.2) is 0 Å². The van der Waals surface area contributed by atoms with Gasteiger partial charge in [-0.05, 0) is 45.4 Å². The van der Waals surface area contributed by atoms with Crippen molar-refractivity contribution in [3.63, 3.8) is 0 Å². The Morgan fingerprint density at radius 3 is 2.47 bits per heavy atom. The lowest BCUT2D eigenvalue weighted by atomic mass is 10.1. The molecule has 0 aromatic heterocycles. The summed E-state index contributed by atoms with van der Waals surface area (Å²) in [6.45, 7) is 6.30. The Bertz CT molecular complexity index is 521. The van der Waals surface area contributed by atoms with Gasteiger partial charge < -0.3 is 10.6 Å². The van der Waals surface area contributed by atoms with E-state index in [4.69, 9.17) is 0 Å². The molecule has 1 aliphatic carbocycles.